The zero-order chi connectivity index (χ0) is 20.9. The summed E-state index contributed by atoms with van der Waals surface area (Å²) in [4.78, 5) is 15.3. The summed E-state index contributed by atoms with van der Waals surface area (Å²) < 4.78 is 27.1. The van der Waals surface area contributed by atoms with Gasteiger partial charge in [-0.05, 0) is 55.0 Å². The quantitative estimate of drug-likeness (QED) is 0.714. The fourth-order valence-corrected chi connectivity index (χ4v) is 4.80. The molecule has 1 aliphatic rings. The Morgan fingerprint density at radius 3 is 2.69 bits per heavy atom. The number of benzene rings is 2. The number of nitrogens with one attached hydrogen (secondary N) is 1. The highest BCUT2D eigenvalue weighted by molar-refractivity contribution is 7.89. The van der Waals surface area contributed by atoms with Crippen LogP contribution in [-0.2, 0) is 22.9 Å². The van der Waals surface area contributed by atoms with Crippen LogP contribution in [0.1, 0.15) is 41.3 Å². The van der Waals surface area contributed by atoms with Gasteiger partial charge in [0.15, 0.2) is 0 Å². The van der Waals surface area contributed by atoms with Crippen molar-refractivity contribution < 1.29 is 13.2 Å². The summed E-state index contributed by atoms with van der Waals surface area (Å²) in [5.74, 6) is 2.12. The summed E-state index contributed by atoms with van der Waals surface area (Å²) in [6, 6.07) is 14.6. The maximum atomic E-state index is 13.3. The Kier molecular flexibility index (Phi) is 6.73. The highest BCUT2D eigenvalue weighted by Crippen LogP contribution is 2.26. The van der Waals surface area contributed by atoms with Gasteiger partial charge in [0.1, 0.15) is 0 Å². The fourth-order valence-electron chi connectivity index (χ4n) is 3.82. The minimum atomic E-state index is -3.74. The molecule has 1 atom stereocenters. The van der Waals surface area contributed by atoms with E-state index in [0.29, 0.717) is 12.1 Å². The van der Waals surface area contributed by atoms with Crippen molar-refractivity contribution >= 4 is 15.9 Å². The minimum Gasteiger partial charge on any atom is -0.335 e. The van der Waals surface area contributed by atoms with E-state index < -0.39 is 10.0 Å². The molecule has 0 fully saturated rings. The summed E-state index contributed by atoms with van der Waals surface area (Å²) in [5, 5.41) is 0. The first kappa shape index (κ1) is 21.1. The van der Waals surface area contributed by atoms with Gasteiger partial charge in [0.05, 0.1) is 11.4 Å². The zero-order valence-corrected chi connectivity index (χ0v) is 17.4. The van der Waals surface area contributed by atoms with Crippen LogP contribution in [-0.4, -0.2) is 38.4 Å². The molecule has 0 heterocycles. The molecule has 1 unspecified atom stereocenters. The topological polar surface area (TPSA) is 66.5 Å². The first-order chi connectivity index (χ1) is 14.0. The third kappa shape index (κ3) is 4.87. The van der Waals surface area contributed by atoms with E-state index in [1.807, 2.05) is 24.0 Å². The van der Waals surface area contributed by atoms with Crippen LogP contribution in [0, 0.1) is 12.3 Å². The standard InChI is InChI=1S/C23H26N2O3S/c1-3-14-24-29(27,28)22-11-7-10-20(17-22)23(26)25(15-4-2)21-13-12-18-8-5-6-9-19(18)16-21/h1,5-11,17,21,24H,4,12-16H2,2H3. The maximum absolute atomic E-state index is 13.3. The molecular weight excluding hydrogens is 384 g/mol. The Hall–Kier alpha value is -2.62. The van der Waals surface area contributed by atoms with E-state index in [-0.39, 0.29) is 23.4 Å². The Morgan fingerprint density at radius 2 is 1.97 bits per heavy atom. The number of aryl methyl sites for hydroxylation is 1. The van der Waals surface area contributed by atoms with Gasteiger partial charge in [-0.15, -0.1) is 6.42 Å². The summed E-state index contributed by atoms with van der Waals surface area (Å²) in [6.45, 7) is 2.59. The molecule has 5 nitrogen and oxygen atoms in total. The van der Waals surface area contributed by atoms with E-state index >= 15 is 0 Å². The number of fused-ring (bicyclic) bond motifs is 1. The zero-order valence-electron chi connectivity index (χ0n) is 16.6. The van der Waals surface area contributed by atoms with E-state index in [1.165, 1.54) is 23.3 Å². The molecule has 0 aliphatic heterocycles. The number of rotatable bonds is 7. The van der Waals surface area contributed by atoms with Crippen LogP contribution in [0.4, 0.5) is 0 Å². The number of amides is 1. The van der Waals surface area contributed by atoms with E-state index in [4.69, 9.17) is 6.42 Å². The molecule has 6 heteroatoms. The monoisotopic (exact) mass is 410 g/mol. The van der Waals surface area contributed by atoms with Crippen LogP contribution in [0.3, 0.4) is 0 Å². The van der Waals surface area contributed by atoms with Crippen LogP contribution in [0.15, 0.2) is 53.4 Å². The molecule has 0 spiro atoms. The third-order valence-corrected chi connectivity index (χ3v) is 6.64. The molecule has 1 amide bonds. The fraction of sp³-hybridized carbons (Fsp3) is 0.348. The first-order valence-corrected chi connectivity index (χ1v) is 11.4. The van der Waals surface area contributed by atoms with Crippen molar-refractivity contribution in [3.05, 3.63) is 65.2 Å². The smallest absolute Gasteiger partial charge is 0.254 e. The molecule has 2 aromatic rings. The normalized spacial score (nSPS) is 15.9. The van der Waals surface area contributed by atoms with Crippen molar-refractivity contribution in [3.63, 3.8) is 0 Å². The number of nitrogens with zero attached hydrogens (tertiary/aromatic N) is 1. The van der Waals surface area contributed by atoms with Gasteiger partial charge in [-0.3, -0.25) is 4.79 Å². The number of hydrogen-bond acceptors (Lipinski definition) is 3. The van der Waals surface area contributed by atoms with Gasteiger partial charge >= 0.3 is 0 Å². The number of carbonyl (C=O) groups is 1. The van der Waals surface area contributed by atoms with Gasteiger partial charge in [0.2, 0.25) is 10.0 Å². The highest BCUT2D eigenvalue weighted by Gasteiger charge is 2.28. The van der Waals surface area contributed by atoms with E-state index in [2.05, 4.69) is 22.8 Å². The average Bonchev–Trinajstić information content (AvgIpc) is 2.75. The lowest BCUT2D eigenvalue weighted by Crippen LogP contribution is -2.44. The highest BCUT2D eigenvalue weighted by atomic mass is 32.2. The molecule has 1 aliphatic carbocycles. The molecule has 0 radical (unpaired) electrons. The number of hydrogen-bond donors (Lipinski definition) is 1. The second-order valence-electron chi connectivity index (χ2n) is 7.22. The van der Waals surface area contributed by atoms with Crippen molar-refractivity contribution in [1.82, 2.24) is 9.62 Å². The molecule has 29 heavy (non-hydrogen) atoms. The van der Waals surface area contributed by atoms with Gasteiger partial charge in [0.25, 0.3) is 5.91 Å². The number of terminal acetylenes is 1. The van der Waals surface area contributed by atoms with Crippen molar-refractivity contribution in [3.8, 4) is 12.3 Å². The molecule has 1 N–H and O–H groups in total. The SMILES string of the molecule is C#CCNS(=O)(=O)c1cccc(C(=O)N(CCC)C2CCc3ccccc3C2)c1. The number of carbonyl (C=O) groups excluding carboxylic acids is 1. The van der Waals surface area contributed by atoms with Gasteiger partial charge in [-0.25, -0.2) is 8.42 Å². The van der Waals surface area contributed by atoms with Crippen LogP contribution in [0.25, 0.3) is 0 Å². The summed E-state index contributed by atoms with van der Waals surface area (Å²) >= 11 is 0. The predicted molar refractivity (Wildman–Crippen MR) is 114 cm³/mol. The molecule has 2 aromatic carbocycles. The van der Waals surface area contributed by atoms with Crippen molar-refractivity contribution in [2.75, 3.05) is 13.1 Å². The molecule has 0 aromatic heterocycles. The molecule has 3 rings (SSSR count). The van der Waals surface area contributed by atoms with Gasteiger partial charge in [-0.2, -0.15) is 4.72 Å². The van der Waals surface area contributed by atoms with E-state index in [0.717, 1.165) is 25.7 Å². The lowest BCUT2D eigenvalue weighted by Gasteiger charge is -2.35. The van der Waals surface area contributed by atoms with Crippen molar-refractivity contribution in [2.45, 2.75) is 43.5 Å². The van der Waals surface area contributed by atoms with Crippen molar-refractivity contribution in [2.24, 2.45) is 0 Å². The molecule has 0 saturated heterocycles. The Morgan fingerprint density at radius 1 is 1.21 bits per heavy atom. The molecule has 0 bridgehead atoms. The van der Waals surface area contributed by atoms with E-state index in [9.17, 15) is 13.2 Å². The van der Waals surface area contributed by atoms with Crippen LogP contribution in [0.2, 0.25) is 0 Å². The average molecular weight is 411 g/mol. The second kappa shape index (κ2) is 9.25. The third-order valence-electron chi connectivity index (χ3n) is 5.24. The van der Waals surface area contributed by atoms with Crippen LogP contribution in [0.5, 0.6) is 0 Å². The Balaban J connectivity index is 1.85. The van der Waals surface area contributed by atoms with Crippen LogP contribution >= 0.6 is 0 Å². The Bertz CT molecular complexity index is 1020. The van der Waals surface area contributed by atoms with Gasteiger partial charge in [-0.1, -0.05) is 43.2 Å². The maximum Gasteiger partial charge on any atom is 0.254 e. The first-order valence-electron chi connectivity index (χ1n) is 9.87. The second-order valence-corrected chi connectivity index (χ2v) is 8.99. The summed E-state index contributed by atoms with van der Waals surface area (Å²) in [7, 11) is -3.74. The Labute approximate surface area is 173 Å². The number of sulfonamides is 1. The summed E-state index contributed by atoms with van der Waals surface area (Å²) in [5.41, 5.74) is 3.01. The van der Waals surface area contributed by atoms with Gasteiger partial charge in [0, 0.05) is 18.2 Å². The van der Waals surface area contributed by atoms with Crippen molar-refractivity contribution in [1.29, 1.82) is 0 Å². The minimum absolute atomic E-state index is 0.0454. The van der Waals surface area contributed by atoms with E-state index in [1.54, 1.807) is 12.1 Å². The lowest BCUT2D eigenvalue weighted by atomic mass is 9.87. The largest absolute Gasteiger partial charge is 0.335 e. The molecular formula is C23H26N2O3S. The molecule has 152 valence electrons. The lowest BCUT2D eigenvalue weighted by molar-refractivity contribution is 0.0661. The molecule has 0 saturated carbocycles. The van der Waals surface area contributed by atoms with Crippen LogP contribution < -0.4 is 4.72 Å². The predicted octanol–water partition coefficient (Wildman–Crippen LogP) is 3.01. The van der Waals surface area contributed by atoms with Gasteiger partial charge < -0.3 is 4.90 Å². The summed E-state index contributed by atoms with van der Waals surface area (Å²) in [6.07, 6.45) is 8.66.